The second-order valence-electron chi connectivity index (χ2n) is 7.87. The van der Waals surface area contributed by atoms with E-state index in [0.29, 0.717) is 6.42 Å². The van der Waals surface area contributed by atoms with E-state index in [2.05, 4.69) is 24.8 Å². The van der Waals surface area contributed by atoms with Gasteiger partial charge in [-0.25, -0.2) is 0 Å². The zero-order valence-corrected chi connectivity index (χ0v) is 17.6. The van der Waals surface area contributed by atoms with Crippen molar-refractivity contribution in [1.29, 1.82) is 0 Å². The smallest absolute Gasteiger partial charge is 0.164 e. The van der Waals surface area contributed by atoms with Crippen LogP contribution in [0.2, 0.25) is 0 Å². The van der Waals surface area contributed by atoms with Crippen molar-refractivity contribution in [3.05, 3.63) is 29.3 Å². The van der Waals surface area contributed by atoms with Crippen molar-refractivity contribution in [3.63, 3.8) is 0 Å². The van der Waals surface area contributed by atoms with Crippen LogP contribution in [0.5, 0.6) is 5.75 Å². The highest BCUT2D eigenvalue weighted by Crippen LogP contribution is 2.22. The molecule has 0 bridgehead atoms. The average Bonchev–Trinajstić information content (AvgIpc) is 2.72. The number of nitrogens with zero attached hydrogens (tertiary/aromatic N) is 1. The Kier molecular flexibility index (Phi) is 10.5. The Bertz CT molecular complexity index is 549. The lowest BCUT2D eigenvalue weighted by molar-refractivity contribution is 0.0958. The molecule has 0 saturated carbocycles. The van der Waals surface area contributed by atoms with Gasteiger partial charge in [0.1, 0.15) is 5.75 Å². The van der Waals surface area contributed by atoms with Crippen molar-refractivity contribution in [3.8, 4) is 5.75 Å². The fourth-order valence-corrected chi connectivity index (χ4v) is 3.82. The number of carbonyl (C=O) groups is 1. The lowest BCUT2D eigenvalue weighted by Crippen LogP contribution is -2.31. The molecule has 1 heterocycles. The van der Waals surface area contributed by atoms with Crippen LogP contribution in [0.25, 0.3) is 0 Å². The van der Waals surface area contributed by atoms with Crippen LogP contribution in [0, 0.1) is 0 Å². The predicted octanol–water partition coefficient (Wildman–Crippen LogP) is 6.05. The number of unbranched alkanes of at least 4 members (excludes halogenated alkanes) is 5. The maximum absolute atomic E-state index is 12.6. The summed E-state index contributed by atoms with van der Waals surface area (Å²) in [6, 6.07) is 6.01. The molecule has 1 aliphatic heterocycles. The van der Waals surface area contributed by atoms with E-state index >= 15 is 0 Å². The fraction of sp³-hybridized carbons (Fsp3) is 0.708. The molecule has 0 atom stereocenters. The van der Waals surface area contributed by atoms with Crippen molar-refractivity contribution in [1.82, 2.24) is 4.90 Å². The van der Waals surface area contributed by atoms with Crippen LogP contribution >= 0.6 is 0 Å². The number of hydrogen-bond donors (Lipinski definition) is 0. The van der Waals surface area contributed by atoms with E-state index in [-0.39, 0.29) is 5.78 Å². The first-order valence-electron chi connectivity index (χ1n) is 11.3. The number of benzene rings is 1. The minimum Gasteiger partial charge on any atom is -0.493 e. The molecule has 0 spiro atoms. The second-order valence-corrected chi connectivity index (χ2v) is 7.87. The highest BCUT2D eigenvalue weighted by molar-refractivity contribution is 5.96. The number of hydrogen-bond acceptors (Lipinski definition) is 3. The first-order valence-corrected chi connectivity index (χ1v) is 11.3. The van der Waals surface area contributed by atoms with Crippen LogP contribution in [-0.4, -0.2) is 36.9 Å². The van der Waals surface area contributed by atoms with Crippen molar-refractivity contribution in [2.75, 3.05) is 26.2 Å². The molecule has 0 radical (unpaired) electrons. The number of ketones is 1. The molecule has 27 heavy (non-hydrogen) atoms. The molecule has 0 N–H and O–H groups in total. The molecule has 0 aliphatic carbocycles. The summed E-state index contributed by atoms with van der Waals surface area (Å²) in [6.45, 7) is 8.36. The van der Waals surface area contributed by atoms with Gasteiger partial charge in [0.25, 0.3) is 0 Å². The van der Waals surface area contributed by atoms with Gasteiger partial charge in [-0.05, 0) is 62.5 Å². The maximum atomic E-state index is 12.6. The standard InChI is InChI=1S/C24H39NO2/c1-3-5-6-7-8-12-19-27-24-14-13-22(20-21(24)4-2)23(26)15-18-25-16-10-9-11-17-25/h13-14,20H,3-12,15-19H2,1-2H3. The van der Waals surface area contributed by atoms with Gasteiger partial charge < -0.3 is 9.64 Å². The Morgan fingerprint density at radius 1 is 1.00 bits per heavy atom. The number of aryl methyl sites for hydroxylation is 1. The van der Waals surface area contributed by atoms with Gasteiger partial charge in [-0.1, -0.05) is 52.4 Å². The van der Waals surface area contributed by atoms with Crippen molar-refractivity contribution in [2.45, 2.75) is 84.5 Å². The Labute approximate surface area is 166 Å². The number of piperidine rings is 1. The summed E-state index contributed by atoms with van der Waals surface area (Å²) in [4.78, 5) is 15.0. The van der Waals surface area contributed by atoms with Gasteiger partial charge in [0.15, 0.2) is 5.78 Å². The topological polar surface area (TPSA) is 29.5 Å². The van der Waals surface area contributed by atoms with Crippen LogP contribution < -0.4 is 4.74 Å². The van der Waals surface area contributed by atoms with Crippen LogP contribution in [-0.2, 0) is 6.42 Å². The molecule has 2 rings (SSSR count). The highest BCUT2D eigenvalue weighted by atomic mass is 16.5. The number of rotatable bonds is 13. The van der Waals surface area contributed by atoms with Gasteiger partial charge in [-0.3, -0.25) is 4.79 Å². The van der Waals surface area contributed by atoms with Crippen molar-refractivity contribution in [2.24, 2.45) is 0 Å². The Hall–Kier alpha value is -1.35. The minimum atomic E-state index is 0.262. The monoisotopic (exact) mass is 373 g/mol. The number of ether oxygens (including phenoxy) is 1. The SMILES string of the molecule is CCCCCCCCOc1ccc(C(=O)CCN2CCCCC2)cc1CC. The largest absolute Gasteiger partial charge is 0.493 e. The summed E-state index contributed by atoms with van der Waals surface area (Å²) >= 11 is 0. The predicted molar refractivity (Wildman–Crippen MR) is 114 cm³/mol. The number of carbonyl (C=O) groups excluding carboxylic acids is 1. The Morgan fingerprint density at radius 2 is 1.74 bits per heavy atom. The second kappa shape index (κ2) is 12.9. The molecule has 0 amide bonds. The van der Waals surface area contributed by atoms with Crippen LogP contribution in [0.4, 0.5) is 0 Å². The third-order valence-electron chi connectivity index (χ3n) is 5.62. The molecular weight excluding hydrogens is 334 g/mol. The summed E-state index contributed by atoms with van der Waals surface area (Å²) < 4.78 is 6.00. The number of Topliss-reactive ketones (excluding diaryl/α,β-unsaturated/α-hetero) is 1. The molecule has 1 aliphatic rings. The molecule has 152 valence electrons. The lowest BCUT2D eigenvalue weighted by Gasteiger charge is -2.26. The zero-order valence-electron chi connectivity index (χ0n) is 17.6. The maximum Gasteiger partial charge on any atom is 0.164 e. The van der Waals surface area contributed by atoms with Crippen LogP contribution in [0.1, 0.15) is 94.0 Å². The molecule has 1 saturated heterocycles. The molecule has 0 aromatic heterocycles. The molecular formula is C24H39NO2. The first-order chi connectivity index (χ1) is 13.2. The van der Waals surface area contributed by atoms with E-state index in [9.17, 15) is 4.79 Å². The van der Waals surface area contributed by atoms with Gasteiger partial charge in [-0.15, -0.1) is 0 Å². The Morgan fingerprint density at radius 3 is 2.48 bits per heavy atom. The van der Waals surface area contributed by atoms with E-state index < -0.39 is 0 Å². The molecule has 3 heteroatoms. The van der Waals surface area contributed by atoms with Gasteiger partial charge in [0.05, 0.1) is 6.61 Å². The number of likely N-dealkylation sites (tertiary alicyclic amines) is 1. The molecule has 1 fully saturated rings. The van der Waals surface area contributed by atoms with Gasteiger partial charge in [0, 0.05) is 18.5 Å². The zero-order chi connectivity index (χ0) is 19.3. The summed E-state index contributed by atoms with van der Waals surface area (Å²) in [5, 5.41) is 0. The fourth-order valence-electron chi connectivity index (χ4n) is 3.82. The summed E-state index contributed by atoms with van der Waals surface area (Å²) in [6.07, 6.45) is 13.1. The van der Waals surface area contributed by atoms with Gasteiger partial charge in [-0.2, -0.15) is 0 Å². The van der Waals surface area contributed by atoms with E-state index in [0.717, 1.165) is 56.0 Å². The highest BCUT2D eigenvalue weighted by Gasteiger charge is 2.14. The van der Waals surface area contributed by atoms with Crippen LogP contribution in [0.15, 0.2) is 18.2 Å². The Balaban J connectivity index is 1.77. The van der Waals surface area contributed by atoms with Crippen molar-refractivity contribution >= 4 is 5.78 Å². The van der Waals surface area contributed by atoms with E-state index in [4.69, 9.17) is 4.74 Å². The third-order valence-corrected chi connectivity index (χ3v) is 5.62. The summed E-state index contributed by atoms with van der Waals surface area (Å²) in [5.41, 5.74) is 2.00. The summed E-state index contributed by atoms with van der Waals surface area (Å²) in [7, 11) is 0. The lowest BCUT2D eigenvalue weighted by atomic mass is 10.0. The third kappa shape index (κ3) is 8.04. The molecule has 3 nitrogen and oxygen atoms in total. The van der Waals surface area contributed by atoms with Crippen LogP contribution in [0.3, 0.4) is 0 Å². The average molecular weight is 374 g/mol. The molecule has 0 unspecified atom stereocenters. The van der Waals surface area contributed by atoms with E-state index in [1.807, 2.05) is 12.1 Å². The quantitative estimate of drug-likeness (QED) is 0.311. The summed E-state index contributed by atoms with van der Waals surface area (Å²) in [5.74, 6) is 1.22. The first kappa shape index (κ1) is 21.9. The van der Waals surface area contributed by atoms with Gasteiger partial charge in [0.2, 0.25) is 0 Å². The van der Waals surface area contributed by atoms with Gasteiger partial charge >= 0.3 is 0 Å². The van der Waals surface area contributed by atoms with E-state index in [1.54, 1.807) is 0 Å². The molecule has 1 aromatic rings. The molecule has 1 aromatic carbocycles. The van der Waals surface area contributed by atoms with Crippen molar-refractivity contribution < 1.29 is 9.53 Å². The normalized spacial score (nSPS) is 15.0. The van der Waals surface area contributed by atoms with E-state index in [1.165, 1.54) is 51.4 Å². The minimum absolute atomic E-state index is 0.262.